The average Bonchev–Trinajstić information content (AvgIpc) is 2.92. The molecule has 0 spiro atoms. The molecule has 1 aromatic rings. The normalized spacial score (nSPS) is 24.8. The minimum Gasteiger partial charge on any atom is -0.351 e. The first-order valence-corrected chi connectivity index (χ1v) is 8.59. The summed E-state index contributed by atoms with van der Waals surface area (Å²) >= 11 is 12.2. The number of anilines is 1. The molecule has 2 saturated heterocycles. The van der Waals surface area contributed by atoms with Crippen LogP contribution < -0.4 is 15.5 Å². The van der Waals surface area contributed by atoms with Gasteiger partial charge in [0.25, 0.3) is 0 Å². The summed E-state index contributed by atoms with van der Waals surface area (Å²) in [5.74, 6) is -1.05. The van der Waals surface area contributed by atoms with Crippen molar-refractivity contribution in [2.45, 2.75) is 25.3 Å². The largest absolute Gasteiger partial charge is 0.351 e. The van der Waals surface area contributed by atoms with E-state index >= 15 is 0 Å². The number of amides is 2. The van der Waals surface area contributed by atoms with Gasteiger partial charge in [0.2, 0.25) is 11.8 Å². The zero-order chi connectivity index (χ0) is 16.4. The van der Waals surface area contributed by atoms with E-state index in [0.29, 0.717) is 28.7 Å². The molecule has 2 aliphatic rings. The molecule has 2 amide bonds. The van der Waals surface area contributed by atoms with Crippen molar-refractivity contribution in [3.8, 4) is 0 Å². The lowest BCUT2D eigenvalue weighted by Gasteiger charge is -2.25. The Morgan fingerprint density at radius 3 is 2.87 bits per heavy atom. The van der Waals surface area contributed by atoms with Crippen molar-refractivity contribution in [1.29, 1.82) is 0 Å². The molecule has 2 atom stereocenters. The molecular formula is C16H19Cl2N3O2. The summed E-state index contributed by atoms with van der Waals surface area (Å²) in [4.78, 5) is 26.6. The van der Waals surface area contributed by atoms with E-state index in [1.807, 2.05) is 0 Å². The van der Waals surface area contributed by atoms with Crippen LogP contribution in [-0.2, 0) is 9.59 Å². The van der Waals surface area contributed by atoms with E-state index in [-0.39, 0.29) is 17.9 Å². The lowest BCUT2D eigenvalue weighted by molar-refractivity contribution is -0.132. The molecule has 2 heterocycles. The number of nitrogens with zero attached hydrogens (tertiary/aromatic N) is 1. The van der Waals surface area contributed by atoms with Gasteiger partial charge in [-0.15, -0.1) is 0 Å². The molecule has 124 valence electrons. The van der Waals surface area contributed by atoms with E-state index in [0.717, 1.165) is 25.9 Å². The quantitative estimate of drug-likeness (QED) is 0.817. The highest BCUT2D eigenvalue weighted by atomic mass is 35.5. The van der Waals surface area contributed by atoms with Gasteiger partial charge in [-0.1, -0.05) is 23.2 Å². The maximum Gasteiger partial charge on any atom is 0.239 e. The van der Waals surface area contributed by atoms with Crippen molar-refractivity contribution in [3.05, 3.63) is 28.2 Å². The number of benzene rings is 1. The van der Waals surface area contributed by atoms with Crippen molar-refractivity contribution in [3.63, 3.8) is 0 Å². The molecule has 0 aliphatic carbocycles. The molecule has 1 aromatic carbocycles. The lowest BCUT2D eigenvalue weighted by Crippen LogP contribution is -2.48. The molecule has 7 heteroatoms. The molecule has 2 unspecified atom stereocenters. The summed E-state index contributed by atoms with van der Waals surface area (Å²) in [6.07, 6.45) is 2.48. The predicted octanol–water partition coefficient (Wildman–Crippen LogP) is 2.21. The predicted molar refractivity (Wildman–Crippen MR) is 91.0 cm³/mol. The van der Waals surface area contributed by atoms with Crippen LogP contribution in [0.25, 0.3) is 0 Å². The summed E-state index contributed by atoms with van der Waals surface area (Å²) in [6, 6.07) is 5.10. The SMILES string of the molecule is O=C(NC1CCCNC1)C1CCN(c2cc(Cl)ccc2Cl)C1=O. The molecule has 3 rings (SSSR count). The topological polar surface area (TPSA) is 61.4 Å². The standard InChI is InChI=1S/C16H19Cl2N3O2/c17-10-3-4-13(18)14(8-10)21-7-5-12(16(21)23)15(22)20-11-2-1-6-19-9-11/h3-4,8,11-12,19H,1-2,5-7,9H2,(H,20,22). The highest BCUT2D eigenvalue weighted by Gasteiger charge is 2.39. The summed E-state index contributed by atoms with van der Waals surface area (Å²) in [5, 5.41) is 7.20. The fourth-order valence-corrected chi connectivity index (χ4v) is 3.52. The zero-order valence-corrected chi connectivity index (χ0v) is 14.2. The van der Waals surface area contributed by atoms with Crippen LogP contribution in [0.1, 0.15) is 19.3 Å². The Hall–Kier alpha value is -1.30. The van der Waals surface area contributed by atoms with E-state index in [4.69, 9.17) is 23.2 Å². The minimum atomic E-state index is -0.646. The molecule has 2 N–H and O–H groups in total. The highest BCUT2D eigenvalue weighted by molar-refractivity contribution is 6.36. The number of halogens is 2. The third kappa shape index (κ3) is 3.62. The van der Waals surface area contributed by atoms with E-state index < -0.39 is 5.92 Å². The molecule has 0 radical (unpaired) electrons. The fourth-order valence-electron chi connectivity index (χ4n) is 3.13. The Balaban J connectivity index is 1.68. The van der Waals surface area contributed by atoms with Gasteiger partial charge < -0.3 is 15.5 Å². The second-order valence-electron chi connectivity index (χ2n) is 5.98. The maximum absolute atomic E-state index is 12.6. The van der Waals surface area contributed by atoms with Gasteiger partial charge in [0.1, 0.15) is 5.92 Å². The van der Waals surface area contributed by atoms with Crippen LogP contribution in [0.4, 0.5) is 5.69 Å². The van der Waals surface area contributed by atoms with Gasteiger partial charge >= 0.3 is 0 Å². The van der Waals surface area contributed by atoms with Gasteiger partial charge in [-0.05, 0) is 44.0 Å². The first-order chi connectivity index (χ1) is 11.1. The Morgan fingerprint density at radius 1 is 1.30 bits per heavy atom. The number of carbonyl (C=O) groups is 2. The first kappa shape index (κ1) is 16.6. The van der Waals surface area contributed by atoms with Crippen molar-refractivity contribution < 1.29 is 9.59 Å². The molecule has 23 heavy (non-hydrogen) atoms. The van der Waals surface area contributed by atoms with Gasteiger partial charge in [0.05, 0.1) is 10.7 Å². The van der Waals surface area contributed by atoms with Crippen LogP contribution in [0.3, 0.4) is 0 Å². The van der Waals surface area contributed by atoms with Crippen molar-refractivity contribution >= 4 is 40.7 Å². The van der Waals surface area contributed by atoms with Crippen molar-refractivity contribution in [2.24, 2.45) is 5.92 Å². The van der Waals surface area contributed by atoms with Gasteiger partial charge in [-0.3, -0.25) is 9.59 Å². The zero-order valence-electron chi connectivity index (χ0n) is 12.6. The number of rotatable bonds is 3. The number of nitrogens with one attached hydrogen (secondary N) is 2. The summed E-state index contributed by atoms with van der Waals surface area (Å²) < 4.78 is 0. The molecule has 2 aliphatic heterocycles. The third-order valence-corrected chi connectivity index (χ3v) is 4.92. The van der Waals surface area contributed by atoms with Crippen LogP contribution in [0.5, 0.6) is 0 Å². The van der Waals surface area contributed by atoms with Crippen LogP contribution >= 0.6 is 23.2 Å². The van der Waals surface area contributed by atoms with Crippen molar-refractivity contribution in [2.75, 3.05) is 24.5 Å². The Labute approximate surface area is 145 Å². The highest BCUT2D eigenvalue weighted by Crippen LogP contribution is 2.33. The Bertz CT molecular complexity index is 617. The molecule has 5 nitrogen and oxygen atoms in total. The smallest absolute Gasteiger partial charge is 0.239 e. The number of piperidine rings is 1. The van der Waals surface area contributed by atoms with Crippen LogP contribution in [0.15, 0.2) is 18.2 Å². The lowest BCUT2D eigenvalue weighted by atomic mass is 10.0. The number of carbonyl (C=O) groups excluding carboxylic acids is 2. The van der Waals surface area contributed by atoms with Crippen LogP contribution in [0, 0.1) is 5.92 Å². The monoisotopic (exact) mass is 355 g/mol. The molecular weight excluding hydrogens is 337 g/mol. The van der Waals surface area contributed by atoms with E-state index in [2.05, 4.69) is 10.6 Å². The summed E-state index contributed by atoms with van der Waals surface area (Å²) in [5.41, 5.74) is 0.568. The average molecular weight is 356 g/mol. The van der Waals surface area contributed by atoms with E-state index in [9.17, 15) is 9.59 Å². The summed E-state index contributed by atoms with van der Waals surface area (Å²) in [6.45, 7) is 2.21. The van der Waals surface area contributed by atoms with E-state index in [1.165, 1.54) is 0 Å². The van der Waals surface area contributed by atoms with Crippen LogP contribution in [-0.4, -0.2) is 37.5 Å². The fraction of sp³-hybridized carbons (Fsp3) is 0.500. The van der Waals surface area contributed by atoms with E-state index in [1.54, 1.807) is 23.1 Å². The first-order valence-electron chi connectivity index (χ1n) is 7.84. The van der Waals surface area contributed by atoms with Gasteiger partial charge in [0, 0.05) is 24.2 Å². The molecule has 0 aromatic heterocycles. The molecule has 0 saturated carbocycles. The molecule has 0 bridgehead atoms. The second kappa shape index (κ2) is 7.07. The summed E-state index contributed by atoms with van der Waals surface area (Å²) in [7, 11) is 0. The van der Waals surface area contributed by atoms with Gasteiger partial charge in [0.15, 0.2) is 0 Å². The van der Waals surface area contributed by atoms with Crippen molar-refractivity contribution in [1.82, 2.24) is 10.6 Å². The Kier molecular flexibility index (Phi) is 5.09. The minimum absolute atomic E-state index is 0.104. The van der Waals surface area contributed by atoms with Crippen LogP contribution in [0.2, 0.25) is 10.0 Å². The van der Waals surface area contributed by atoms with Gasteiger partial charge in [-0.25, -0.2) is 0 Å². The number of hydrogen-bond acceptors (Lipinski definition) is 3. The second-order valence-corrected chi connectivity index (χ2v) is 6.82. The third-order valence-electron chi connectivity index (χ3n) is 4.36. The Morgan fingerprint density at radius 2 is 2.13 bits per heavy atom. The number of hydrogen-bond donors (Lipinski definition) is 2. The van der Waals surface area contributed by atoms with Gasteiger partial charge in [-0.2, -0.15) is 0 Å². The maximum atomic E-state index is 12.6. The molecule has 2 fully saturated rings.